The first-order valence-corrected chi connectivity index (χ1v) is 10.4. The predicted molar refractivity (Wildman–Crippen MR) is 113 cm³/mol. The number of nitrogens with zero attached hydrogens (tertiary/aromatic N) is 2. The number of carbonyl (C=O) groups excluding carboxylic acids is 1. The monoisotopic (exact) mass is 379 g/mol. The van der Waals surface area contributed by atoms with Crippen LogP contribution in [0.3, 0.4) is 0 Å². The first-order valence-electron chi connectivity index (χ1n) is 10.4. The molecule has 0 saturated heterocycles. The standard InChI is InChI=1S/C23H29N3O2/c1-16-8-5-9-18(17(16)2)24-22(27)13-7-15-26-20-11-4-3-10-19(20)25-14-6-12-21(25)23(26)28/h3-4,6,10-12,14,16-18H,5,7-9,13,15H2,1-2H3,(H,24,27). The summed E-state index contributed by atoms with van der Waals surface area (Å²) in [7, 11) is 0. The Morgan fingerprint density at radius 3 is 2.64 bits per heavy atom. The van der Waals surface area contributed by atoms with Crippen LogP contribution in [-0.4, -0.2) is 20.9 Å². The van der Waals surface area contributed by atoms with Gasteiger partial charge in [0.05, 0.1) is 11.0 Å². The van der Waals surface area contributed by atoms with E-state index in [1.165, 1.54) is 12.8 Å². The molecular formula is C23H29N3O2. The van der Waals surface area contributed by atoms with Crippen LogP contribution in [0.15, 0.2) is 47.4 Å². The first kappa shape index (κ1) is 18.8. The summed E-state index contributed by atoms with van der Waals surface area (Å²) in [6.07, 6.45) is 6.55. The third kappa shape index (κ3) is 3.46. The van der Waals surface area contributed by atoms with Crippen LogP contribution in [0.25, 0.3) is 16.6 Å². The van der Waals surface area contributed by atoms with E-state index in [-0.39, 0.29) is 17.5 Å². The van der Waals surface area contributed by atoms with Crippen molar-refractivity contribution < 1.29 is 4.79 Å². The predicted octanol–water partition coefficient (Wildman–Crippen LogP) is 3.98. The number of fused-ring (bicyclic) bond motifs is 3. The van der Waals surface area contributed by atoms with Crippen LogP contribution in [0.4, 0.5) is 0 Å². The van der Waals surface area contributed by atoms with Crippen LogP contribution >= 0.6 is 0 Å². The summed E-state index contributed by atoms with van der Waals surface area (Å²) >= 11 is 0. The Morgan fingerprint density at radius 2 is 1.82 bits per heavy atom. The summed E-state index contributed by atoms with van der Waals surface area (Å²) in [5, 5.41) is 3.23. The van der Waals surface area contributed by atoms with E-state index >= 15 is 0 Å². The number of hydrogen-bond acceptors (Lipinski definition) is 2. The maximum atomic E-state index is 12.9. The van der Waals surface area contributed by atoms with Crippen molar-refractivity contribution in [2.45, 2.75) is 58.5 Å². The van der Waals surface area contributed by atoms with E-state index in [4.69, 9.17) is 0 Å². The van der Waals surface area contributed by atoms with Gasteiger partial charge in [0, 0.05) is 25.2 Å². The van der Waals surface area contributed by atoms with Gasteiger partial charge in [-0.2, -0.15) is 0 Å². The molecule has 2 heterocycles. The fourth-order valence-electron chi connectivity index (χ4n) is 4.59. The van der Waals surface area contributed by atoms with Crippen molar-refractivity contribution >= 4 is 22.5 Å². The van der Waals surface area contributed by atoms with Gasteiger partial charge in [0.2, 0.25) is 5.91 Å². The lowest BCUT2D eigenvalue weighted by Gasteiger charge is -2.34. The summed E-state index contributed by atoms with van der Waals surface area (Å²) in [6, 6.07) is 12.0. The molecule has 28 heavy (non-hydrogen) atoms. The van der Waals surface area contributed by atoms with Gasteiger partial charge in [-0.05, 0) is 48.9 Å². The van der Waals surface area contributed by atoms with E-state index in [0.717, 1.165) is 17.5 Å². The van der Waals surface area contributed by atoms with Gasteiger partial charge >= 0.3 is 0 Å². The van der Waals surface area contributed by atoms with Crippen LogP contribution in [-0.2, 0) is 11.3 Å². The molecule has 5 nitrogen and oxygen atoms in total. The van der Waals surface area contributed by atoms with Gasteiger partial charge in [0.25, 0.3) is 5.56 Å². The highest BCUT2D eigenvalue weighted by Crippen LogP contribution is 2.29. The van der Waals surface area contributed by atoms with Gasteiger partial charge in [-0.3, -0.25) is 9.59 Å². The van der Waals surface area contributed by atoms with Crippen molar-refractivity contribution in [3.63, 3.8) is 0 Å². The van der Waals surface area contributed by atoms with E-state index in [1.54, 1.807) is 0 Å². The Labute approximate surface area is 165 Å². The number of amides is 1. The van der Waals surface area contributed by atoms with Crippen LogP contribution in [0.2, 0.25) is 0 Å². The highest BCUT2D eigenvalue weighted by atomic mass is 16.1. The molecule has 1 aliphatic rings. The maximum absolute atomic E-state index is 12.9. The molecule has 1 aliphatic carbocycles. The lowest BCUT2D eigenvalue weighted by atomic mass is 9.78. The second-order valence-corrected chi connectivity index (χ2v) is 8.25. The number of hydrogen-bond donors (Lipinski definition) is 1. The van der Waals surface area contributed by atoms with E-state index < -0.39 is 0 Å². The fraction of sp³-hybridized carbons (Fsp3) is 0.478. The SMILES string of the molecule is CC1CCCC(NC(=O)CCCn2c(=O)c3cccn3c3ccccc32)C1C. The van der Waals surface area contributed by atoms with Crippen molar-refractivity contribution in [2.75, 3.05) is 0 Å². The Hall–Kier alpha value is -2.56. The average Bonchev–Trinajstić information content (AvgIpc) is 3.18. The average molecular weight is 380 g/mol. The molecule has 0 spiro atoms. The number of benzene rings is 1. The van der Waals surface area contributed by atoms with E-state index in [1.807, 2.05) is 51.6 Å². The molecule has 0 aliphatic heterocycles. The molecule has 0 bridgehead atoms. The highest BCUT2D eigenvalue weighted by Gasteiger charge is 2.27. The van der Waals surface area contributed by atoms with Crippen molar-refractivity contribution in [3.8, 4) is 0 Å². The molecule has 1 N–H and O–H groups in total. The number of carbonyl (C=O) groups is 1. The van der Waals surface area contributed by atoms with Gasteiger partial charge in [-0.25, -0.2) is 0 Å². The smallest absolute Gasteiger partial charge is 0.275 e. The zero-order valence-corrected chi connectivity index (χ0v) is 16.7. The largest absolute Gasteiger partial charge is 0.353 e. The Balaban J connectivity index is 1.46. The number of para-hydroxylation sites is 2. The molecule has 3 unspecified atom stereocenters. The van der Waals surface area contributed by atoms with Crippen molar-refractivity contribution in [1.82, 2.24) is 14.3 Å². The number of rotatable bonds is 5. The van der Waals surface area contributed by atoms with Crippen LogP contribution in [0.1, 0.15) is 46.0 Å². The molecule has 1 saturated carbocycles. The molecule has 2 aromatic heterocycles. The van der Waals surface area contributed by atoms with E-state index in [2.05, 4.69) is 19.2 Å². The topological polar surface area (TPSA) is 55.5 Å². The highest BCUT2D eigenvalue weighted by molar-refractivity contribution is 5.79. The van der Waals surface area contributed by atoms with Crippen molar-refractivity contribution in [3.05, 3.63) is 52.9 Å². The molecule has 4 rings (SSSR count). The van der Waals surface area contributed by atoms with Gasteiger partial charge < -0.3 is 14.3 Å². The molecule has 3 atom stereocenters. The van der Waals surface area contributed by atoms with Gasteiger partial charge in [-0.1, -0.05) is 38.8 Å². The lowest BCUT2D eigenvalue weighted by Crippen LogP contribution is -2.43. The van der Waals surface area contributed by atoms with E-state index in [9.17, 15) is 9.59 Å². The Bertz CT molecular complexity index is 1050. The van der Waals surface area contributed by atoms with Gasteiger partial charge in [0.15, 0.2) is 0 Å². The Morgan fingerprint density at radius 1 is 1.07 bits per heavy atom. The molecule has 3 aromatic rings. The third-order valence-corrected chi connectivity index (χ3v) is 6.48. The van der Waals surface area contributed by atoms with Crippen LogP contribution in [0.5, 0.6) is 0 Å². The summed E-state index contributed by atoms with van der Waals surface area (Å²) in [5.74, 6) is 1.30. The van der Waals surface area contributed by atoms with Gasteiger partial charge in [-0.15, -0.1) is 0 Å². The molecular weight excluding hydrogens is 350 g/mol. The summed E-state index contributed by atoms with van der Waals surface area (Å²) < 4.78 is 3.75. The molecule has 148 valence electrons. The number of nitrogens with one attached hydrogen (secondary N) is 1. The zero-order valence-electron chi connectivity index (χ0n) is 16.7. The first-order chi connectivity index (χ1) is 13.6. The molecule has 5 heteroatoms. The molecule has 1 fully saturated rings. The lowest BCUT2D eigenvalue weighted by molar-refractivity contribution is -0.122. The van der Waals surface area contributed by atoms with Crippen molar-refractivity contribution in [2.24, 2.45) is 11.8 Å². The third-order valence-electron chi connectivity index (χ3n) is 6.48. The Kier molecular flexibility index (Phi) is 5.25. The minimum absolute atomic E-state index is 0.00108. The quantitative estimate of drug-likeness (QED) is 0.729. The van der Waals surface area contributed by atoms with Crippen LogP contribution < -0.4 is 10.9 Å². The number of aromatic nitrogens is 2. The molecule has 0 radical (unpaired) electrons. The molecule has 1 aromatic carbocycles. The summed E-state index contributed by atoms with van der Waals surface area (Å²) in [5.41, 5.74) is 2.59. The summed E-state index contributed by atoms with van der Waals surface area (Å²) in [6.45, 7) is 5.07. The van der Waals surface area contributed by atoms with Gasteiger partial charge in [0.1, 0.15) is 5.52 Å². The van der Waals surface area contributed by atoms with Crippen LogP contribution in [0, 0.1) is 11.8 Å². The second kappa shape index (κ2) is 7.82. The van der Waals surface area contributed by atoms with E-state index in [0.29, 0.717) is 36.7 Å². The molecule has 1 amide bonds. The second-order valence-electron chi connectivity index (χ2n) is 8.25. The van der Waals surface area contributed by atoms with Crippen molar-refractivity contribution in [1.29, 1.82) is 0 Å². The normalized spacial score (nSPS) is 22.6. The minimum atomic E-state index is -0.00108. The minimum Gasteiger partial charge on any atom is -0.353 e. The maximum Gasteiger partial charge on any atom is 0.275 e. The zero-order chi connectivity index (χ0) is 19.7. The fourth-order valence-corrected chi connectivity index (χ4v) is 4.59. The number of aryl methyl sites for hydroxylation is 1. The summed E-state index contributed by atoms with van der Waals surface area (Å²) in [4.78, 5) is 25.4.